The summed E-state index contributed by atoms with van der Waals surface area (Å²) in [5, 5.41) is 2.82. The first kappa shape index (κ1) is 18.3. The molecule has 0 atom stereocenters. The summed E-state index contributed by atoms with van der Waals surface area (Å²) in [6, 6.07) is 16.3. The molecule has 0 aliphatic carbocycles. The van der Waals surface area contributed by atoms with E-state index in [0.29, 0.717) is 35.5 Å². The number of benzene rings is 2. The molecular weight excluding hydrogens is 362 g/mol. The number of anilines is 2. The average molecular weight is 382 g/mol. The van der Waals surface area contributed by atoms with Crippen LogP contribution in [0.3, 0.4) is 0 Å². The van der Waals surface area contributed by atoms with Gasteiger partial charge in [-0.3, -0.25) is 4.79 Å². The summed E-state index contributed by atoms with van der Waals surface area (Å²) in [5.41, 5.74) is 2.00. The fraction of sp³-hybridized carbons (Fsp3) is 0.286. The number of para-hydroxylation sites is 3. The normalized spacial score (nSPS) is 16.6. The highest BCUT2D eigenvalue weighted by atomic mass is 19.3. The summed E-state index contributed by atoms with van der Waals surface area (Å²) in [5.74, 6) is -2.74. The van der Waals surface area contributed by atoms with Gasteiger partial charge in [0.15, 0.2) is 11.5 Å². The molecule has 1 aliphatic heterocycles. The lowest BCUT2D eigenvalue weighted by Crippen LogP contribution is -2.30. The maximum Gasteiger partial charge on any atom is 0.278 e. The molecule has 0 unspecified atom stereocenters. The summed E-state index contributed by atoms with van der Waals surface area (Å²) in [6.45, 7) is 0.542. The lowest BCUT2D eigenvalue weighted by atomic mass is 10.1. The fourth-order valence-corrected chi connectivity index (χ4v) is 3.35. The van der Waals surface area contributed by atoms with Crippen LogP contribution in [-0.2, 0) is 0 Å². The smallest absolute Gasteiger partial charge is 0.278 e. The molecule has 28 heavy (non-hydrogen) atoms. The predicted octanol–water partition coefficient (Wildman–Crippen LogP) is 4.51. The zero-order chi connectivity index (χ0) is 19.6. The van der Waals surface area contributed by atoms with Crippen molar-refractivity contribution >= 4 is 28.4 Å². The van der Waals surface area contributed by atoms with Crippen LogP contribution >= 0.6 is 0 Å². The van der Waals surface area contributed by atoms with E-state index in [1.54, 1.807) is 29.2 Å². The molecule has 4 rings (SSSR count). The molecule has 1 N–H and O–H groups in total. The average Bonchev–Trinajstić information content (AvgIpc) is 2.88. The standard InChI is InChI=1S/C21H20F2N4O/c22-21(23)11-6-13-27(14-12-21)19-18(20(28)24-15-7-2-1-3-8-15)25-16-9-4-5-10-17(16)26-19/h1-5,7-10H,6,11-14H2,(H,24,28). The van der Waals surface area contributed by atoms with Gasteiger partial charge in [0.25, 0.3) is 5.91 Å². The quantitative estimate of drug-likeness (QED) is 0.724. The molecule has 5 nitrogen and oxygen atoms in total. The summed E-state index contributed by atoms with van der Waals surface area (Å²) < 4.78 is 27.6. The Labute approximate surface area is 161 Å². The van der Waals surface area contributed by atoms with Crippen molar-refractivity contribution in [3.63, 3.8) is 0 Å². The van der Waals surface area contributed by atoms with Crippen molar-refractivity contribution in [1.82, 2.24) is 9.97 Å². The first-order valence-electron chi connectivity index (χ1n) is 9.28. The molecule has 144 valence electrons. The number of hydrogen-bond acceptors (Lipinski definition) is 4. The van der Waals surface area contributed by atoms with Gasteiger partial charge in [0.05, 0.1) is 11.0 Å². The van der Waals surface area contributed by atoms with Gasteiger partial charge < -0.3 is 10.2 Å². The van der Waals surface area contributed by atoms with Gasteiger partial charge in [-0.05, 0) is 30.7 Å². The summed E-state index contributed by atoms with van der Waals surface area (Å²) in [4.78, 5) is 23.8. The van der Waals surface area contributed by atoms with Gasteiger partial charge in [0.2, 0.25) is 5.92 Å². The third-order valence-corrected chi connectivity index (χ3v) is 4.82. The van der Waals surface area contributed by atoms with Gasteiger partial charge in [-0.15, -0.1) is 0 Å². The van der Waals surface area contributed by atoms with Crippen LogP contribution in [-0.4, -0.2) is 34.9 Å². The third-order valence-electron chi connectivity index (χ3n) is 4.82. The molecule has 3 aromatic rings. The minimum atomic E-state index is -2.69. The first-order chi connectivity index (χ1) is 13.5. The third kappa shape index (κ3) is 3.93. The van der Waals surface area contributed by atoms with Crippen LogP contribution in [0.1, 0.15) is 29.8 Å². The second-order valence-corrected chi connectivity index (χ2v) is 6.90. The Balaban J connectivity index is 1.73. The highest BCUT2D eigenvalue weighted by Gasteiger charge is 2.33. The van der Waals surface area contributed by atoms with Crippen molar-refractivity contribution in [2.24, 2.45) is 0 Å². The van der Waals surface area contributed by atoms with Gasteiger partial charge in [-0.1, -0.05) is 30.3 Å². The van der Waals surface area contributed by atoms with E-state index in [1.165, 1.54) is 0 Å². The second kappa shape index (κ2) is 7.50. The molecular formula is C21H20F2N4O. The Kier molecular flexibility index (Phi) is 4.90. The van der Waals surface area contributed by atoms with Crippen molar-refractivity contribution < 1.29 is 13.6 Å². The van der Waals surface area contributed by atoms with Crippen LogP contribution in [0.15, 0.2) is 54.6 Å². The lowest BCUT2D eigenvalue weighted by Gasteiger charge is -2.23. The van der Waals surface area contributed by atoms with Crippen LogP contribution in [0.4, 0.5) is 20.3 Å². The molecule has 2 aromatic carbocycles. The Morgan fingerprint density at radius 2 is 1.61 bits per heavy atom. The minimum absolute atomic E-state index is 0.131. The number of fused-ring (bicyclic) bond motifs is 1. The van der Waals surface area contributed by atoms with Crippen LogP contribution in [0.5, 0.6) is 0 Å². The highest BCUT2D eigenvalue weighted by molar-refractivity contribution is 6.07. The number of amides is 1. The molecule has 1 aromatic heterocycles. The SMILES string of the molecule is O=C(Nc1ccccc1)c1nc2ccccc2nc1N1CCCC(F)(F)CC1. The Hall–Kier alpha value is -3.09. The van der Waals surface area contributed by atoms with E-state index in [2.05, 4.69) is 15.3 Å². The molecule has 1 aliphatic rings. The largest absolute Gasteiger partial charge is 0.354 e. The van der Waals surface area contributed by atoms with Gasteiger partial charge >= 0.3 is 0 Å². The van der Waals surface area contributed by atoms with Crippen molar-refractivity contribution in [2.45, 2.75) is 25.2 Å². The number of alkyl halides is 2. The summed E-state index contributed by atoms with van der Waals surface area (Å²) in [6.07, 6.45) is -0.0848. The second-order valence-electron chi connectivity index (χ2n) is 6.90. The maximum absolute atomic E-state index is 13.8. The predicted molar refractivity (Wildman–Crippen MR) is 105 cm³/mol. The molecule has 1 saturated heterocycles. The van der Waals surface area contributed by atoms with Crippen molar-refractivity contribution in [2.75, 3.05) is 23.3 Å². The number of rotatable bonds is 3. The summed E-state index contributed by atoms with van der Waals surface area (Å²) >= 11 is 0. The molecule has 0 saturated carbocycles. The molecule has 0 bridgehead atoms. The Morgan fingerprint density at radius 3 is 2.36 bits per heavy atom. The molecule has 1 fully saturated rings. The van der Waals surface area contributed by atoms with Crippen molar-refractivity contribution in [3.8, 4) is 0 Å². The van der Waals surface area contributed by atoms with Gasteiger partial charge in [-0.2, -0.15) is 0 Å². The number of halogens is 2. The van der Waals surface area contributed by atoms with Gasteiger partial charge in [0.1, 0.15) is 0 Å². The maximum atomic E-state index is 13.8. The van der Waals surface area contributed by atoms with E-state index in [-0.39, 0.29) is 25.1 Å². The van der Waals surface area contributed by atoms with E-state index < -0.39 is 11.8 Å². The highest BCUT2D eigenvalue weighted by Crippen LogP contribution is 2.31. The molecule has 0 radical (unpaired) electrons. The Morgan fingerprint density at radius 1 is 0.929 bits per heavy atom. The van der Waals surface area contributed by atoms with E-state index in [1.807, 2.05) is 30.3 Å². The zero-order valence-electron chi connectivity index (χ0n) is 15.2. The number of carbonyl (C=O) groups excluding carboxylic acids is 1. The van der Waals surface area contributed by atoms with Crippen molar-refractivity contribution in [1.29, 1.82) is 0 Å². The number of nitrogens with zero attached hydrogens (tertiary/aromatic N) is 3. The summed E-state index contributed by atoms with van der Waals surface area (Å²) in [7, 11) is 0. The van der Waals surface area contributed by atoms with Crippen LogP contribution in [0, 0.1) is 0 Å². The molecule has 0 spiro atoms. The minimum Gasteiger partial charge on any atom is -0.354 e. The van der Waals surface area contributed by atoms with E-state index in [9.17, 15) is 13.6 Å². The molecule has 7 heteroatoms. The first-order valence-corrected chi connectivity index (χ1v) is 9.28. The number of hydrogen-bond donors (Lipinski definition) is 1. The van der Waals surface area contributed by atoms with Crippen LogP contribution in [0.25, 0.3) is 11.0 Å². The van der Waals surface area contributed by atoms with E-state index in [0.717, 1.165) is 0 Å². The topological polar surface area (TPSA) is 58.1 Å². The zero-order valence-corrected chi connectivity index (χ0v) is 15.2. The number of carbonyl (C=O) groups is 1. The van der Waals surface area contributed by atoms with E-state index in [4.69, 9.17) is 0 Å². The van der Waals surface area contributed by atoms with Gasteiger partial charge in [-0.25, -0.2) is 18.7 Å². The monoisotopic (exact) mass is 382 g/mol. The van der Waals surface area contributed by atoms with Gasteiger partial charge in [0, 0.05) is 31.6 Å². The Bertz CT molecular complexity index is 994. The fourth-order valence-electron chi connectivity index (χ4n) is 3.35. The number of nitrogens with one attached hydrogen (secondary N) is 1. The molecule has 1 amide bonds. The van der Waals surface area contributed by atoms with Crippen molar-refractivity contribution in [3.05, 3.63) is 60.3 Å². The van der Waals surface area contributed by atoms with E-state index >= 15 is 0 Å². The number of aromatic nitrogens is 2. The van der Waals surface area contributed by atoms with Crippen LogP contribution in [0.2, 0.25) is 0 Å². The molecule has 2 heterocycles. The van der Waals surface area contributed by atoms with Crippen LogP contribution < -0.4 is 10.2 Å². The lowest BCUT2D eigenvalue weighted by molar-refractivity contribution is -0.0102.